The van der Waals surface area contributed by atoms with Gasteiger partial charge in [-0.3, -0.25) is 9.59 Å². The molecule has 2 saturated heterocycles. The average Bonchev–Trinajstić information content (AvgIpc) is 3.21. The number of nitrogens with one attached hydrogen (secondary N) is 2. The predicted octanol–water partition coefficient (Wildman–Crippen LogP) is 2.92. The molecule has 1 aromatic rings. The Morgan fingerprint density at radius 1 is 1.18 bits per heavy atom. The predicted molar refractivity (Wildman–Crippen MR) is 147 cm³/mol. The molecule has 1 aromatic carbocycles. The molecule has 2 amide bonds. The van der Waals surface area contributed by atoms with Gasteiger partial charge in [-0.25, -0.2) is 0 Å². The van der Waals surface area contributed by atoms with Crippen molar-refractivity contribution in [2.24, 2.45) is 0 Å². The quantitative estimate of drug-likeness (QED) is 0.436. The number of benzene rings is 1. The van der Waals surface area contributed by atoms with Crippen LogP contribution in [0.1, 0.15) is 54.9 Å². The van der Waals surface area contributed by atoms with Gasteiger partial charge in [0, 0.05) is 19.1 Å². The highest BCUT2D eigenvalue weighted by atomic mass is 16.5. The summed E-state index contributed by atoms with van der Waals surface area (Å²) in [6, 6.07) is 5.84. The SMILES string of the molecule is C=C1/C=C\C=C/CCC(NC[C@H](O)CNC(=O)c2ccc(CC(=O)N3C4CCC3COC4)cc2OCC)C1. The molecule has 0 aromatic heterocycles. The van der Waals surface area contributed by atoms with E-state index in [-0.39, 0.29) is 42.9 Å². The molecule has 206 valence electrons. The molecule has 4 atom stereocenters. The summed E-state index contributed by atoms with van der Waals surface area (Å²) in [5.74, 6) is 0.215. The van der Waals surface area contributed by atoms with Gasteiger partial charge < -0.3 is 30.1 Å². The molecular weight excluding hydrogens is 482 g/mol. The highest BCUT2D eigenvalue weighted by molar-refractivity contribution is 5.97. The number of rotatable bonds is 10. The number of morpholine rings is 1. The fourth-order valence-corrected chi connectivity index (χ4v) is 5.45. The topological polar surface area (TPSA) is 100 Å². The van der Waals surface area contributed by atoms with Crippen LogP contribution in [-0.4, -0.2) is 79.0 Å². The van der Waals surface area contributed by atoms with Gasteiger partial charge in [-0.05, 0) is 56.7 Å². The van der Waals surface area contributed by atoms with Crippen molar-refractivity contribution < 1.29 is 24.2 Å². The van der Waals surface area contributed by atoms with Crippen molar-refractivity contribution in [3.05, 3.63) is 65.8 Å². The van der Waals surface area contributed by atoms with E-state index in [1.165, 1.54) is 0 Å². The molecule has 0 radical (unpaired) electrons. The number of allylic oxidation sites excluding steroid dienone is 4. The average molecular weight is 524 g/mol. The molecule has 2 heterocycles. The van der Waals surface area contributed by atoms with Crippen LogP contribution in [0.25, 0.3) is 0 Å². The van der Waals surface area contributed by atoms with Crippen molar-refractivity contribution in [3.8, 4) is 5.75 Å². The molecular formula is C30H41N3O5. The highest BCUT2D eigenvalue weighted by Crippen LogP contribution is 2.30. The molecule has 3 N–H and O–H groups in total. The molecule has 0 saturated carbocycles. The number of carbonyl (C=O) groups excluding carboxylic acids is 2. The molecule has 38 heavy (non-hydrogen) atoms. The Morgan fingerprint density at radius 2 is 1.97 bits per heavy atom. The zero-order valence-corrected chi connectivity index (χ0v) is 22.4. The van der Waals surface area contributed by atoms with E-state index in [0.29, 0.717) is 37.7 Å². The summed E-state index contributed by atoms with van der Waals surface area (Å²) in [6.07, 6.45) is 12.4. The van der Waals surface area contributed by atoms with E-state index in [2.05, 4.69) is 23.3 Å². The maximum Gasteiger partial charge on any atom is 0.255 e. The van der Waals surface area contributed by atoms with Gasteiger partial charge in [0.2, 0.25) is 5.91 Å². The summed E-state index contributed by atoms with van der Waals surface area (Å²) in [5.41, 5.74) is 2.25. The number of carbonyl (C=O) groups is 2. The second-order valence-corrected chi connectivity index (χ2v) is 10.4. The van der Waals surface area contributed by atoms with E-state index in [1.54, 1.807) is 12.1 Å². The molecule has 2 aliphatic heterocycles. The lowest BCUT2D eigenvalue weighted by Crippen LogP contribution is -2.49. The maximum absolute atomic E-state index is 13.0. The molecule has 3 unspecified atom stereocenters. The first kappa shape index (κ1) is 28.1. The number of aliphatic hydroxyl groups is 1. The van der Waals surface area contributed by atoms with Crippen LogP contribution in [-0.2, 0) is 16.0 Å². The summed E-state index contributed by atoms with van der Waals surface area (Å²) in [4.78, 5) is 28.0. The molecule has 2 bridgehead atoms. The number of aliphatic hydroxyl groups excluding tert-OH is 1. The zero-order valence-electron chi connectivity index (χ0n) is 22.4. The highest BCUT2D eigenvalue weighted by Gasteiger charge is 2.40. The number of fused-ring (bicyclic) bond motifs is 2. The van der Waals surface area contributed by atoms with Crippen LogP contribution in [0, 0.1) is 0 Å². The van der Waals surface area contributed by atoms with Gasteiger partial charge in [0.25, 0.3) is 5.91 Å². The minimum absolute atomic E-state index is 0.0895. The molecule has 0 spiro atoms. The summed E-state index contributed by atoms with van der Waals surface area (Å²) >= 11 is 0. The number of hydrogen-bond acceptors (Lipinski definition) is 6. The first-order valence-corrected chi connectivity index (χ1v) is 13.8. The summed E-state index contributed by atoms with van der Waals surface area (Å²) in [5, 5.41) is 16.7. The van der Waals surface area contributed by atoms with Gasteiger partial charge in [-0.15, -0.1) is 0 Å². The Bertz CT molecular complexity index is 1040. The third-order valence-electron chi connectivity index (χ3n) is 7.38. The standard InChI is InChI=1S/C30H41N3O5/c1-3-38-28-15-22(16-29(35)33-24-11-12-25(33)20-37-19-24)10-13-27(28)30(36)32-18-26(34)17-31-23-9-7-5-4-6-8-21(2)14-23/h4-6,8,10,13,15,23-26,31,34H,2-3,7,9,11-12,14,16-20H2,1H3,(H,32,36)/b5-4-,8-6-/t23?,24?,25?,26-/m0/s1. The van der Waals surface area contributed by atoms with E-state index in [1.807, 2.05) is 36.1 Å². The number of ether oxygens (including phenoxy) is 2. The second kappa shape index (κ2) is 13.7. The third kappa shape index (κ3) is 7.56. The number of hydrogen-bond donors (Lipinski definition) is 3. The van der Waals surface area contributed by atoms with Crippen molar-refractivity contribution in [1.29, 1.82) is 0 Å². The van der Waals surface area contributed by atoms with Gasteiger partial charge in [-0.1, -0.05) is 42.5 Å². The third-order valence-corrected chi connectivity index (χ3v) is 7.38. The molecule has 8 nitrogen and oxygen atoms in total. The first-order chi connectivity index (χ1) is 18.4. The summed E-state index contributed by atoms with van der Waals surface area (Å²) < 4.78 is 11.4. The van der Waals surface area contributed by atoms with Crippen LogP contribution in [0.3, 0.4) is 0 Å². The Kier molecular flexibility index (Phi) is 10.1. The van der Waals surface area contributed by atoms with Crippen LogP contribution in [0.15, 0.2) is 54.7 Å². The Morgan fingerprint density at radius 3 is 2.74 bits per heavy atom. The molecule has 3 aliphatic rings. The van der Waals surface area contributed by atoms with Gasteiger partial charge in [0.1, 0.15) is 5.75 Å². The monoisotopic (exact) mass is 523 g/mol. The van der Waals surface area contributed by atoms with E-state index >= 15 is 0 Å². The molecule has 1 aliphatic carbocycles. The van der Waals surface area contributed by atoms with Crippen molar-refractivity contribution in [3.63, 3.8) is 0 Å². The lowest BCUT2D eigenvalue weighted by atomic mass is 10.0. The van der Waals surface area contributed by atoms with Gasteiger partial charge in [0.05, 0.1) is 50.0 Å². The van der Waals surface area contributed by atoms with Gasteiger partial charge in [-0.2, -0.15) is 0 Å². The van der Waals surface area contributed by atoms with Crippen LogP contribution in [0.4, 0.5) is 0 Å². The van der Waals surface area contributed by atoms with E-state index in [9.17, 15) is 14.7 Å². The van der Waals surface area contributed by atoms with Crippen molar-refractivity contribution >= 4 is 11.8 Å². The number of nitrogens with zero attached hydrogens (tertiary/aromatic N) is 1. The van der Waals surface area contributed by atoms with Gasteiger partial charge in [0.15, 0.2) is 0 Å². The minimum Gasteiger partial charge on any atom is -0.493 e. The fourth-order valence-electron chi connectivity index (χ4n) is 5.45. The van der Waals surface area contributed by atoms with E-state index in [4.69, 9.17) is 9.47 Å². The second-order valence-electron chi connectivity index (χ2n) is 10.4. The molecule has 8 heteroatoms. The maximum atomic E-state index is 13.0. The lowest BCUT2D eigenvalue weighted by molar-refractivity contribution is -0.140. The van der Waals surface area contributed by atoms with Crippen molar-refractivity contribution in [2.45, 2.75) is 69.7 Å². The smallest absolute Gasteiger partial charge is 0.255 e. The molecule has 2 fully saturated rings. The zero-order chi connectivity index (χ0) is 26.9. The fraction of sp³-hybridized carbons (Fsp3) is 0.533. The Balaban J connectivity index is 1.29. The lowest BCUT2D eigenvalue weighted by Gasteiger charge is -2.34. The van der Waals surface area contributed by atoms with Crippen LogP contribution < -0.4 is 15.4 Å². The minimum atomic E-state index is -0.734. The summed E-state index contributed by atoms with van der Waals surface area (Å²) in [6.45, 7) is 8.05. The molecule has 4 rings (SSSR count). The van der Waals surface area contributed by atoms with E-state index in [0.717, 1.165) is 43.2 Å². The van der Waals surface area contributed by atoms with Crippen LogP contribution >= 0.6 is 0 Å². The number of amides is 2. The Hall–Kier alpha value is -2.94. The van der Waals surface area contributed by atoms with Crippen molar-refractivity contribution in [2.75, 3.05) is 32.9 Å². The van der Waals surface area contributed by atoms with Crippen molar-refractivity contribution in [1.82, 2.24) is 15.5 Å². The van der Waals surface area contributed by atoms with Gasteiger partial charge >= 0.3 is 0 Å². The van der Waals surface area contributed by atoms with Crippen LogP contribution in [0.2, 0.25) is 0 Å². The summed E-state index contributed by atoms with van der Waals surface area (Å²) in [7, 11) is 0. The van der Waals surface area contributed by atoms with Crippen LogP contribution in [0.5, 0.6) is 5.75 Å². The van der Waals surface area contributed by atoms with E-state index < -0.39 is 6.10 Å². The Labute approximate surface area is 225 Å². The normalized spacial score (nSPS) is 25.6. The largest absolute Gasteiger partial charge is 0.493 e. The first-order valence-electron chi connectivity index (χ1n) is 13.8.